The number of nitrogens with one attached hydrogen (secondary N) is 1. The van der Waals surface area contributed by atoms with E-state index >= 15 is 0 Å². The molecule has 0 bridgehead atoms. The van der Waals surface area contributed by atoms with Crippen LogP contribution in [0.5, 0.6) is 0 Å². The number of carbonyl (C=O) groups is 1. The highest BCUT2D eigenvalue weighted by molar-refractivity contribution is 5.90. The summed E-state index contributed by atoms with van der Waals surface area (Å²) < 4.78 is 18.4. The maximum atomic E-state index is 13.7. The van der Waals surface area contributed by atoms with Gasteiger partial charge in [0.15, 0.2) is 0 Å². The summed E-state index contributed by atoms with van der Waals surface area (Å²) in [6.45, 7) is 0. The van der Waals surface area contributed by atoms with Gasteiger partial charge in [-0.3, -0.25) is 0 Å². The molecule has 1 aromatic rings. The standard InChI is InChI=1S/C14H19FN2O2/c1-19-14(18)9-2-7-12(15)13(8-9)17-11-5-3-10(16)4-6-11/h2,7-8,10-11,17H,3-6,16H2,1H3. The fourth-order valence-electron chi connectivity index (χ4n) is 2.36. The third-order valence-electron chi connectivity index (χ3n) is 3.52. The number of esters is 1. The summed E-state index contributed by atoms with van der Waals surface area (Å²) in [7, 11) is 1.31. The molecule has 5 heteroatoms. The van der Waals surface area contributed by atoms with E-state index in [2.05, 4.69) is 10.1 Å². The van der Waals surface area contributed by atoms with E-state index in [1.807, 2.05) is 0 Å². The minimum atomic E-state index is -0.464. The van der Waals surface area contributed by atoms with Crippen molar-refractivity contribution in [3.05, 3.63) is 29.6 Å². The Bertz CT molecular complexity index is 457. The van der Waals surface area contributed by atoms with Crippen molar-refractivity contribution in [3.8, 4) is 0 Å². The van der Waals surface area contributed by atoms with Crippen LogP contribution in [0.25, 0.3) is 0 Å². The van der Waals surface area contributed by atoms with Gasteiger partial charge >= 0.3 is 5.97 Å². The molecular formula is C14H19FN2O2. The molecule has 19 heavy (non-hydrogen) atoms. The Hall–Kier alpha value is -1.62. The second kappa shape index (κ2) is 6.02. The Balaban J connectivity index is 2.08. The molecule has 1 aliphatic carbocycles. The lowest BCUT2D eigenvalue weighted by Crippen LogP contribution is -2.33. The van der Waals surface area contributed by atoms with Crippen LogP contribution in [0.1, 0.15) is 36.0 Å². The molecule has 0 radical (unpaired) electrons. The molecule has 0 spiro atoms. The van der Waals surface area contributed by atoms with Gasteiger partial charge < -0.3 is 15.8 Å². The van der Waals surface area contributed by atoms with Crippen LogP contribution in [0.3, 0.4) is 0 Å². The lowest BCUT2D eigenvalue weighted by Gasteiger charge is -2.27. The van der Waals surface area contributed by atoms with E-state index in [1.165, 1.54) is 25.3 Å². The highest BCUT2D eigenvalue weighted by Gasteiger charge is 2.19. The number of methoxy groups -OCH3 is 1. The molecule has 0 amide bonds. The number of benzene rings is 1. The molecule has 0 heterocycles. The highest BCUT2D eigenvalue weighted by atomic mass is 19.1. The Morgan fingerprint density at radius 2 is 2.05 bits per heavy atom. The molecule has 0 saturated heterocycles. The molecule has 0 aliphatic heterocycles. The van der Waals surface area contributed by atoms with Crippen LogP contribution in [0, 0.1) is 5.82 Å². The summed E-state index contributed by atoms with van der Waals surface area (Å²) in [5.41, 5.74) is 6.54. The molecule has 1 aromatic carbocycles. The van der Waals surface area contributed by atoms with E-state index in [-0.39, 0.29) is 17.9 Å². The number of anilines is 1. The maximum absolute atomic E-state index is 13.7. The molecule has 2 rings (SSSR count). The first kappa shape index (κ1) is 13.8. The van der Waals surface area contributed by atoms with Crippen LogP contribution in [0.2, 0.25) is 0 Å². The smallest absolute Gasteiger partial charge is 0.337 e. The third kappa shape index (κ3) is 3.44. The van der Waals surface area contributed by atoms with Crippen molar-refractivity contribution in [1.82, 2.24) is 0 Å². The molecule has 0 atom stereocenters. The maximum Gasteiger partial charge on any atom is 0.337 e. The first-order valence-electron chi connectivity index (χ1n) is 6.50. The summed E-state index contributed by atoms with van der Waals surface area (Å²) >= 11 is 0. The average molecular weight is 266 g/mol. The van der Waals surface area contributed by atoms with Gasteiger partial charge in [0, 0.05) is 12.1 Å². The van der Waals surface area contributed by atoms with E-state index in [0.717, 1.165) is 25.7 Å². The van der Waals surface area contributed by atoms with Crippen LogP contribution in [-0.4, -0.2) is 25.2 Å². The molecular weight excluding hydrogens is 247 g/mol. The molecule has 0 aromatic heterocycles. The number of hydrogen-bond donors (Lipinski definition) is 2. The first-order valence-corrected chi connectivity index (χ1v) is 6.50. The molecule has 1 saturated carbocycles. The Labute approximate surface area is 112 Å². The number of carbonyl (C=O) groups excluding carboxylic acids is 1. The van der Waals surface area contributed by atoms with E-state index < -0.39 is 5.97 Å². The summed E-state index contributed by atoms with van der Waals surface area (Å²) in [6, 6.07) is 4.66. The largest absolute Gasteiger partial charge is 0.465 e. The molecule has 3 N–H and O–H groups in total. The van der Waals surface area contributed by atoms with Crippen molar-refractivity contribution >= 4 is 11.7 Å². The number of halogens is 1. The van der Waals surface area contributed by atoms with Gasteiger partial charge in [-0.25, -0.2) is 9.18 Å². The van der Waals surface area contributed by atoms with Crippen molar-refractivity contribution in [2.24, 2.45) is 5.73 Å². The average Bonchev–Trinajstić information content (AvgIpc) is 2.43. The van der Waals surface area contributed by atoms with E-state index in [9.17, 15) is 9.18 Å². The SMILES string of the molecule is COC(=O)c1ccc(F)c(NC2CCC(N)CC2)c1. The normalized spacial score (nSPS) is 22.9. The van der Waals surface area contributed by atoms with Gasteiger partial charge in [0.25, 0.3) is 0 Å². The van der Waals surface area contributed by atoms with Gasteiger partial charge in [-0.05, 0) is 43.9 Å². The lowest BCUT2D eigenvalue weighted by atomic mass is 9.91. The van der Waals surface area contributed by atoms with Crippen molar-refractivity contribution in [2.45, 2.75) is 37.8 Å². The fourth-order valence-corrected chi connectivity index (χ4v) is 2.36. The molecule has 104 valence electrons. The van der Waals surface area contributed by atoms with E-state index in [4.69, 9.17) is 5.73 Å². The predicted octanol–water partition coefficient (Wildman–Crippen LogP) is 2.29. The van der Waals surface area contributed by atoms with Crippen LogP contribution in [0.4, 0.5) is 10.1 Å². The predicted molar refractivity (Wildman–Crippen MR) is 71.6 cm³/mol. The molecule has 4 nitrogen and oxygen atoms in total. The molecule has 1 fully saturated rings. The Kier molecular flexibility index (Phi) is 4.37. The van der Waals surface area contributed by atoms with Crippen LogP contribution >= 0.6 is 0 Å². The highest BCUT2D eigenvalue weighted by Crippen LogP contribution is 2.24. The van der Waals surface area contributed by atoms with Crippen molar-refractivity contribution in [1.29, 1.82) is 0 Å². The quantitative estimate of drug-likeness (QED) is 0.824. The second-order valence-electron chi connectivity index (χ2n) is 4.94. The van der Waals surface area contributed by atoms with E-state index in [0.29, 0.717) is 11.3 Å². The van der Waals surface area contributed by atoms with Gasteiger partial charge in [-0.1, -0.05) is 0 Å². The minimum Gasteiger partial charge on any atom is -0.465 e. The number of hydrogen-bond acceptors (Lipinski definition) is 4. The van der Waals surface area contributed by atoms with Crippen LogP contribution in [-0.2, 0) is 4.74 Å². The number of nitrogens with two attached hydrogens (primary N) is 1. The second-order valence-corrected chi connectivity index (χ2v) is 4.94. The third-order valence-corrected chi connectivity index (χ3v) is 3.52. The van der Waals surface area contributed by atoms with E-state index in [1.54, 1.807) is 0 Å². The van der Waals surface area contributed by atoms with Gasteiger partial charge in [-0.15, -0.1) is 0 Å². The van der Waals surface area contributed by atoms with Gasteiger partial charge in [0.2, 0.25) is 0 Å². The zero-order chi connectivity index (χ0) is 13.8. The van der Waals surface area contributed by atoms with Gasteiger partial charge in [0.05, 0.1) is 18.4 Å². The summed E-state index contributed by atoms with van der Waals surface area (Å²) in [5, 5.41) is 3.15. The Morgan fingerprint density at radius 3 is 2.68 bits per heavy atom. The van der Waals surface area contributed by atoms with Gasteiger partial charge in [-0.2, -0.15) is 0 Å². The zero-order valence-electron chi connectivity index (χ0n) is 11.0. The fraction of sp³-hybridized carbons (Fsp3) is 0.500. The number of rotatable bonds is 3. The van der Waals surface area contributed by atoms with Crippen molar-refractivity contribution < 1.29 is 13.9 Å². The van der Waals surface area contributed by atoms with Crippen LogP contribution in [0.15, 0.2) is 18.2 Å². The van der Waals surface area contributed by atoms with Gasteiger partial charge in [0.1, 0.15) is 5.82 Å². The summed E-state index contributed by atoms with van der Waals surface area (Å²) in [4.78, 5) is 11.4. The minimum absolute atomic E-state index is 0.210. The monoisotopic (exact) mass is 266 g/mol. The lowest BCUT2D eigenvalue weighted by molar-refractivity contribution is 0.0600. The van der Waals surface area contributed by atoms with Crippen molar-refractivity contribution in [3.63, 3.8) is 0 Å². The number of ether oxygens (including phenoxy) is 1. The molecule has 1 aliphatic rings. The topological polar surface area (TPSA) is 64.3 Å². The summed E-state index contributed by atoms with van der Waals surface area (Å²) in [5.74, 6) is -0.823. The summed E-state index contributed by atoms with van der Waals surface area (Å²) in [6.07, 6.45) is 3.72. The zero-order valence-corrected chi connectivity index (χ0v) is 11.0. The Morgan fingerprint density at radius 1 is 1.37 bits per heavy atom. The molecule has 0 unspecified atom stereocenters. The first-order chi connectivity index (χ1) is 9.10. The van der Waals surface area contributed by atoms with Crippen LogP contribution < -0.4 is 11.1 Å². The van der Waals surface area contributed by atoms with Crippen molar-refractivity contribution in [2.75, 3.05) is 12.4 Å².